The van der Waals surface area contributed by atoms with Gasteiger partial charge in [-0.3, -0.25) is 4.79 Å². The molecule has 1 aliphatic rings. The number of imide groups is 1. The zero-order chi connectivity index (χ0) is 27.6. The first-order valence-electron chi connectivity index (χ1n) is 12.6. The van der Waals surface area contributed by atoms with Crippen LogP contribution in [0.5, 0.6) is 0 Å². The van der Waals surface area contributed by atoms with E-state index < -0.39 is 28.8 Å². The van der Waals surface area contributed by atoms with E-state index in [1.165, 1.54) is 7.11 Å². The minimum atomic E-state index is -0.842. The Morgan fingerprint density at radius 2 is 1.65 bits per heavy atom. The molecule has 1 aliphatic carbocycles. The van der Waals surface area contributed by atoms with Crippen LogP contribution >= 0.6 is 0 Å². The van der Waals surface area contributed by atoms with Crippen LogP contribution < -0.4 is 0 Å². The molecule has 0 radical (unpaired) electrons. The Morgan fingerprint density at radius 1 is 1.05 bits per heavy atom. The fourth-order valence-electron chi connectivity index (χ4n) is 4.45. The summed E-state index contributed by atoms with van der Waals surface area (Å²) in [6.07, 6.45) is 3.73. The molecule has 202 valence electrons. The van der Waals surface area contributed by atoms with E-state index in [2.05, 4.69) is 4.98 Å². The first-order valence-corrected chi connectivity index (χ1v) is 12.6. The van der Waals surface area contributed by atoms with Crippen molar-refractivity contribution in [3.05, 3.63) is 48.0 Å². The van der Waals surface area contributed by atoms with Crippen LogP contribution in [-0.2, 0) is 24.4 Å². The molecule has 37 heavy (non-hydrogen) atoms. The lowest BCUT2D eigenvalue weighted by Crippen LogP contribution is -2.44. The van der Waals surface area contributed by atoms with Crippen LogP contribution in [0.1, 0.15) is 72.1 Å². The smallest absolute Gasteiger partial charge is 0.419 e. The van der Waals surface area contributed by atoms with Crippen molar-refractivity contribution in [1.29, 1.82) is 0 Å². The first kappa shape index (κ1) is 28.2. The highest BCUT2D eigenvalue weighted by Gasteiger charge is 2.63. The summed E-state index contributed by atoms with van der Waals surface area (Å²) in [6.45, 7) is 12.6. The molecule has 2 amide bonds. The highest BCUT2D eigenvalue weighted by Crippen LogP contribution is 2.57. The summed E-state index contributed by atoms with van der Waals surface area (Å²) in [5.74, 6) is -0.358. The minimum Gasteiger partial charge on any atom is -0.468 e. The number of esters is 1. The normalized spacial score (nSPS) is 19.2. The van der Waals surface area contributed by atoms with E-state index in [0.717, 1.165) is 16.2 Å². The van der Waals surface area contributed by atoms with Crippen molar-refractivity contribution in [2.45, 2.75) is 84.3 Å². The molecular weight excluding hydrogens is 474 g/mol. The van der Waals surface area contributed by atoms with Gasteiger partial charge in [-0.05, 0) is 85.3 Å². The van der Waals surface area contributed by atoms with E-state index in [9.17, 15) is 14.4 Å². The lowest BCUT2D eigenvalue weighted by atomic mass is 9.97. The first-order chi connectivity index (χ1) is 17.2. The summed E-state index contributed by atoms with van der Waals surface area (Å²) in [7, 11) is 1.38. The second-order valence-corrected chi connectivity index (χ2v) is 11.6. The van der Waals surface area contributed by atoms with Crippen molar-refractivity contribution >= 4 is 18.2 Å². The number of rotatable bonds is 7. The van der Waals surface area contributed by atoms with Gasteiger partial charge < -0.3 is 18.8 Å². The number of aryl methyl sites for hydroxylation is 1. The number of aromatic nitrogens is 2. The second-order valence-electron chi connectivity index (χ2n) is 11.6. The highest BCUT2D eigenvalue weighted by molar-refractivity contribution is 5.88. The van der Waals surface area contributed by atoms with E-state index in [4.69, 9.17) is 14.2 Å². The summed E-state index contributed by atoms with van der Waals surface area (Å²) < 4.78 is 17.9. The lowest BCUT2D eigenvalue weighted by Gasteiger charge is -2.28. The van der Waals surface area contributed by atoms with E-state index in [0.29, 0.717) is 25.0 Å². The molecule has 1 aromatic heterocycles. The summed E-state index contributed by atoms with van der Waals surface area (Å²) in [5, 5.41) is 0. The van der Waals surface area contributed by atoms with Crippen molar-refractivity contribution < 1.29 is 28.6 Å². The molecule has 1 heterocycles. The van der Waals surface area contributed by atoms with E-state index in [1.54, 1.807) is 47.9 Å². The van der Waals surface area contributed by atoms with Gasteiger partial charge in [-0.2, -0.15) is 0 Å². The zero-order valence-corrected chi connectivity index (χ0v) is 23.2. The van der Waals surface area contributed by atoms with Crippen molar-refractivity contribution in [2.75, 3.05) is 13.7 Å². The number of hydrogen-bond donors (Lipinski definition) is 0. The molecule has 0 N–H and O–H groups in total. The third-order valence-corrected chi connectivity index (χ3v) is 6.25. The van der Waals surface area contributed by atoms with E-state index in [1.807, 2.05) is 42.0 Å². The number of para-hydroxylation sites is 1. The second kappa shape index (κ2) is 10.6. The number of imidazole rings is 1. The maximum atomic E-state index is 12.9. The predicted molar refractivity (Wildman–Crippen MR) is 139 cm³/mol. The van der Waals surface area contributed by atoms with Gasteiger partial charge >= 0.3 is 18.2 Å². The van der Waals surface area contributed by atoms with Crippen molar-refractivity contribution in [2.24, 2.45) is 5.92 Å². The molecule has 1 saturated carbocycles. The van der Waals surface area contributed by atoms with Crippen LogP contribution in [0.2, 0.25) is 0 Å². The van der Waals surface area contributed by atoms with Crippen LogP contribution in [0.4, 0.5) is 9.59 Å². The number of hydrogen-bond acceptors (Lipinski definition) is 7. The minimum absolute atomic E-state index is 0.0284. The van der Waals surface area contributed by atoms with Gasteiger partial charge in [0.2, 0.25) is 0 Å². The monoisotopic (exact) mass is 513 g/mol. The summed E-state index contributed by atoms with van der Waals surface area (Å²) in [4.78, 5) is 44.0. The van der Waals surface area contributed by atoms with Gasteiger partial charge in [0.05, 0.1) is 19.1 Å². The number of carbonyl (C=O) groups is 3. The average molecular weight is 514 g/mol. The Hall–Kier alpha value is -3.36. The standard InChI is InChI=1S/C28H39N3O6/c1-19-12-9-10-14-21(19)30-17-22(29-18-30)28(23(32)35-8)16-20(28)13-11-15-31(24(33)36-26(2,3)4)25(34)37-27(5,6)7/h9-10,12,14,17-18,20H,11,13,15-16H2,1-8H3/t20-,28+/m0/s1. The molecule has 1 aromatic carbocycles. The molecule has 2 aromatic rings. The maximum Gasteiger partial charge on any atom is 0.419 e. The van der Waals surface area contributed by atoms with Gasteiger partial charge in [-0.15, -0.1) is 0 Å². The molecule has 0 aliphatic heterocycles. The van der Waals surface area contributed by atoms with Gasteiger partial charge in [-0.25, -0.2) is 19.5 Å². The summed E-state index contributed by atoms with van der Waals surface area (Å²) in [5.41, 5.74) is 0.377. The molecule has 0 saturated heterocycles. The fourth-order valence-corrected chi connectivity index (χ4v) is 4.45. The van der Waals surface area contributed by atoms with Gasteiger partial charge in [0.1, 0.15) is 16.6 Å². The Morgan fingerprint density at radius 3 is 2.19 bits per heavy atom. The number of amides is 2. The van der Waals surface area contributed by atoms with E-state index >= 15 is 0 Å². The van der Waals surface area contributed by atoms with Crippen molar-refractivity contribution in [3.63, 3.8) is 0 Å². The zero-order valence-electron chi connectivity index (χ0n) is 23.2. The Kier molecular flexibility index (Phi) is 8.05. The highest BCUT2D eigenvalue weighted by atomic mass is 16.6. The summed E-state index contributed by atoms with van der Waals surface area (Å²) in [6, 6.07) is 7.95. The Balaban J connectivity index is 1.73. The topological polar surface area (TPSA) is 100.0 Å². The quantitative estimate of drug-likeness (QED) is 0.353. The Labute approximate surface area is 219 Å². The lowest BCUT2D eigenvalue weighted by molar-refractivity contribution is -0.144. The number of methoxy groups -OCH3 is 1. The fraction of sp³-hybridized carbons (Fsp3) is 0.571. The van der Waals surface area contributed by atoms with Crippen LogP contribution in [0.25, 0.3) is 5.69 Å². The average Bonchev–Trinajstić information content (AvgIpc) is 3.29. The molecule has 2 atom stereocenters. The number of benzene rings is 1. The molecule has 1 fully saturated rings. The largest absolute Gasteiger partial charge is 0.468 e. The third kappa shape index (κ3) is 6.70. The van der Waals surface area contributed by atoms with Crippen LogP contribution in [0.3, 0.4) is 0 Å². The third-order valence-electron chi connectivity index (χ3n) is 6.25. The van der Waals surface area contributed by atoms with Gasteiger partial charge in [0, 0.05) is 18.4 Å². The van der Waals surface area contributed by atoms with Crippen LogP contribution in [-0.4, -0.2) is 57.5 Å². The van der Waals surface area contributed by atoms with Gasteiger partial charge in [-0.1, -0.05) is 18.2 Å². The van der Waals surface area contributed by atoms with Gasteiger partial charge in [0.25, 0.3) is 0 Å². The summed E-state index contributed by atoms with van der Waals surface area (Å²) >= 11 is 0. The predicted octanol–water partition coefficient (Wildman–Crippen LogP) is 5.56. The van der Waals surface area contributed by atoms with Crippen molar-refractivity contribution in [1.82, 2.24) is 14.5 Å². The van der Waals surface area contributed by atoms with Crippen LogP contribution in [0, 0.1) is 12.8 Å². The molecule has 0 spiro atoms. The number of ether oxygens (including phenoxy) is 3. The molecule has 3 rings (SSSR count). The number of carbonyl (C=O) groups excluding carboxylic acids is 3. The molecule has 9 heteroatoms. The van der Waals surface area contributed by atoms with Crippen LogP contribution in [0.15, 0.2) is 36.8 Å². The van der Waals surface area contributed by atoms with Gasteiger partial charge in [0.15, 0.2) is 0 Å². The molecule has 0 bridgehead atoms. The maximum absolute atomic E-state index is 12.9. The molecule has 0 unspecified atom stereocenters. The SMILES string of the molecule is COC(=O)[C@]1(c2cn(-c3ccccc3C)cn2)C[C@@H]1CCCN(C(=O)OC(C)(C)C)C(=O)OC(C)(C)C. The molecular formula is C28H39N3O6. The van der Waals surface area contributed by atoms with Crippen molar-refractivity contribution in [3.8, 4) is 5.69 Å². The molecule has 9 nitrogen and oxygen atoms in total. The Bertz CT molecular complexity index is 1120. The van der Waals surface area contributed by atoms with E-state index in [-0.39, 0.29) is 18.4 Å². The number of nitrogens with zero attached hydrogens (tertiary/aromatic N) is 3.